The highest BCUT2D eigenvalue weighted by Gasteiger charge is 2.33. The molecule has 0 N–H and O–H groups in total. The molecule has 0 spiro atoms. The number of amides is 1. The van der Waals surface area contributed by atoms with Crippen LogP contribution in [0.15, 0.2) is 24.4 Å². The van der Waals surface area contributed by atoms with Crippen LogP contribution in [-0.4, -0.2) is 60.2 Å². The number of anilines is 1. The normalized spacial score (nSPS) is 18.7. The van der Waals surface area contributed by atoms with E-state index in [2.05, 4.69) is 28.9 Å². The number of aryl methyl sites for hydroxylation is 1. The lowest BCUT2D eigenvalue weighted by Gasteiger charge is -2.41. The summed E-state index contributed by atoms with van der Waals surface area (Å²) in [6.45, 7) is 6.43. The SMILES string of the molecule is COCCC(=O)N1CCN(c2nc(C3CC3)c(-c3ccnc(C)c3)cc2C#N)C[C@H]1C. The van der Waals surface area contributed by atoms with Crippen LogP contribution in [0.3, 0.4) is 0 Å². The fourth-order valence-electron chi connectivity index (χ4n) is 4.31. The van der Waals surface area contributed by atoms with Crippen molar-refractivity contribution in [3.63, 3.8) is 0 Å². The van der Waals surface area contributed by atoms with Gasteiger partial charge in [-0.1, -0.05) is 0 Å². The Labute approximate surface area is 183 Å². The molecular formula is C24H29N5O2. The predicted molar refractivity (Wildman–Crippen MR) is 119 cm³/mol. The van der Waals surface area contributed by atoms with Crippen molar-refractivity contribution in [3.05, 3.63) is 41.3 Å². The number of carbonyl (C=O) groups is 1. The molecule has 1 amide bonds. The van der Waals surface area contributed by atoms with Crippen molar-refractivity contribution in [2.75, 3.05) is 38.3 Å². The summed E-state index contributed by atoms with van der Waals surface area (Å²) in [6.07, 6.45) is 4.47. The van der Waals surface area contributed by atoms with Crippen LogP contribution in [0.5, 0.6) is 0 Å². The lowest BCUT2D eigenvalue weighted by Crippen LogP contribution is -2.54. The van der Waals surface area contributed by atoms with Gasteiger partial charge in [0, 0.05) is 56.2 Å². The van der Waals surface area contributed by atoms with Gasteiger partial charge < -0.3 is 14.5 Å². The highest BCUT2D eigenvalue weighted by molar-refractivity contribution is 5.77. The largest absolute Gasteiger partial charge is 0.384 e. The first-order chi connectivity index (χ1) is 15.0. The van der Waals surface area contributed by atoms with Crippen molar-refractivity contribution >= 4 is 11.7 Å². The first-order valence-corrected chi connectivity index (χ1v) is 10.9. The topological polar surface area (TPSA) is 82.3 Å². The van der Waals surface area contributed by atoms with Gasteiger partial charge in [0.05, 0.1) is 24.3 Å². The van der Waals surface area contributed by atoms with E-state index < -0.39 is 0 Å². The molecule has 2 fully saturated rings. The summed E-state index contributed by atoms with van der Waals surface area (Å²) in [5.74, 6) is 1.31. The summed E-state index contributed by atoms with van der Waals surface area (Å²) in [5, 5.41) is 9.92. The van der Waals surface area contributed by atoms with Gasteiger partial charge >= 0.3 is 0 Å². The molecule has 2 aliphatic rings. The molecule has 1 saturated heterocycles. The zero-order valence-electron chi connectivity index (χ0n) is 18.5. The lowest BCUT2D eigenvalue weighted by molar-refractivity contribution is -0.134. The maximum Gasteiger partial charge on any atom is 0.225 e. The van der Waals surface area contributed by atoms with Crippen LogP contribution < -0.4 is 4.90 Å². The van der Waals surface area contributed by atoms with E-state index in [9.17, 15) is 10.1 Å². The quantitative estimate of drug-likeness (QED) is 0.715. The number of nitrogens with zero attached hydrogens (tertiary/aromatic N) is 5. The summed E-state index contributed by atoms with van der Waals surface area (Å²) in [5.41, 5.74) is 4.71. The van der Waals surface area contributed by atoms with Crippen LogP contribution in [0.2, 0.25) is 0 Å². The van der Waals surface area contributed by atoms with Crippen molar-refractivity contribution in [2.24, 2.45) is 0 Å². The molecule has 1 aliphatic heterocycles. The Morgan fingerprint density at radius 2 is 2.13 bits per heavy atom. The van der Waals surface area contributed by atoms with Crippen LogP contribution in [0, 0.1) is 18.3 Å². The molecule has 1 saturated carbocycles. The second-order valence-electron chi connectivity index (χ2n) is 8.49. The average Bonchev–Trinajstić information content (AvgIpc) is 3.62. The van der Waals surface area contributed by atoms with Crippen molar-refractivity contribution in [1.82, 2.24) is 14.9 Å². The summed E-state index contributed by atoms with van der Waals surface area (Å²) in [7, 11) is 1.61. The number of rotatable bonds is 6. The zero-order chi connectivity index (χ0) is 22.0. The number of piperazine rings is 1. The van der Waals surface area contributed by atoms with Gasteiger partial charge in [-0.2, -0.15) is 5.26 Å². The van der Waals surface area contributed by atoms with Gasteiger partial charge in [0.25, 0.3) is 0 Å². The predicted octanol–water partition coefficient (Wildman–Crippen LogP) is 3.27. The number of hydrogen-bond donors (Lipinski definition) is 0. The molecule has 7 heteroatoms. The van der Waals surface area contributed by atoms with Crippen molar-refractivity contribution in [1.29, 1.82) is 5.26 Å². The van der Waals surface area contributed by atoms with Gasteiger partial charge in [-0.05, 0) is 50.5 Å². The minimum Gasteiger partial charge on any atom is -0.384 e. The molecule has 1 aliphatic carbocycles. The van der Waals surface area contributed by atoms with Gasteiger partial charge in [0.2, 0.25) is 5.91 Å². The number of hydrogen-bond acceptors (Lipinski definition) is 6. The Balaban J connectivity index is 1.63. The van der Waals surface area contributed by atoms with E-state index >= 15 is 0 Å². The van der Waals surface area contributed by atoms with Gasteiger partial charge in [-0.3, -0.25) is 9.78 Å². The maximum atomic E-state index is 12.5. The first kappa shape index (κ1) is 21.3. The minimum atomic E-state index is 0.0540. The summed E-state index contributed by atoms with van der Waals surface area (Å²) in [4.78, 5) is 25.9. The third kappa shape index (κ3) is 4.54. The summed E-state index contributed by atoms with van der Waals surface area (Å²) in [6, 6.07) is 8.45. The van der Waals surface area contributed by atoms with Gasteiger partial charge in [0.1, 0.15) is 11.9 Å². The fraction of sp³-hybridized carbons (Fsp3) is 0.500. The summed E-state index contributed by atoms with van der Waals surface area (Å²) >= 11 is 0. The number of methoxy groups -OCH3 is 1. The van der Waals surface area contributed by atoms with Crippen molar-refractivity contribution in [2.45, 2.75) is 45.1 Å². The number of pyridine rings is 2. The molecule has 4 rings (SSSR count). The highest BCUT2D eigenvalue weighted by Crippen LogP contribution is 2.45. The van der Waals surface area contributed by atoms with E-state index in [0.29, 0.717) is 44.1 Å². The Kier molecular flexibility index (Phi) is 6.19. The monoisotopic (exact) mass is 419 g/mol. The smallest absolute Gasteiger partial charge is 0.225 e. The van der Waals surface area contributed by atoms with Gasteiger partial charge in [0.15, 0.2) is 0 Å². The third-order valence-electron chi connectivity index (χ3n) is 6.09. The maximum absolute atomic E-state index is 12.5. The standard InChI is InChI=1S/C24H29N5O2/c1-16-12-19(6-8-26-16)21-13-20(14-25)24(27-23(21)18-4-5-18)28-9-10-29(17(2)15-28)22(30)7-11-31-3/h6,8,12-13,17-18H,4-5,7,9-11,15H2,1-3H3/t17-/m1/s1. The first-order valence-electron chi connectivity index (χ1n) is 10.9. The van der Waals surface area contributed by atoms with E-state index in [-0.39, 0.29) is 11.9 Å². The Hall–Kier alpha value is -2.98. The van der Waals surface area contributed by atoms with Gasteiger partial charge in [-0.15, -0.1) is 0 Å². The van der Waals surface area contributed by atoms with E-state index in [0.717, 1.165) is 41.2 Å². The zero-order valence-corrected chi connectivity index (χ0v) is 18.5. The van der Waals surface area contributed by atoms with Crippen LogP contribution in [0.4, 0.5) is 5.82 Å². The number of carbonyl (C=O) groups excluding carboxylic acids is 1. The average molecular weight is 420 g/mol. The van der Waals surface area contributed by atoms with E-state index in [1.807, 2.05) is 30.2 Å². The molecule has 0 unspecified atom stereocenters. The van der Waals surface area contributed by atoms with E-state index in [4.69, 9.17) is 9.72 Å². The fourth-order valence-corrected chi connectivity index (χ4v) is 4.31. The molecular weight excluding hydrogens is 390 g/mol. The highest BCUT2D eigenvalue weighted by atomic mass is 16.5. The van der Waals surface area contributed by atoms with E-state index in [1.165, 1.54) is 0 Å². The molecule has 0 aromatic carbocycles. The summed E-state index contributed by atoms with van der Waals surface area (Å²) < 4.78 is 5.05. The Morgan fingerprint density at radius 1 is 1.32 bits per heavy atom. The van der Waals surface area contributed by atoms with Crippen LogP contribution in [0.25, 0.3) is 11.1 Å². The third-order valence-corrected chi connectivity index (χ3v) is 6.09. The minimum absolute atomic E-state index is 0.0540. The number of ether oxygens (including phenoxy) is 1. The van der Waals surface area contributed by atoms with E-state index in [1.54, 1.807) is 7.11 Å². The van der Waals surface area contributed by atoms with Crippen molar-refractivity contribution < 1.29 is 9.53 Å². The molecule has 3 heterocycles. The van der Waals surface area contributed by atoms with Gasteiger partial charge in [-0.25, -0.2) is 4.98 Å². The molecule has 2 aromatic rings. The Bertz CT molecular complexity index is 1010. The number of aromatic nitrogens is 2. The molecule has 7 nitrogen and oxygen atoms in total. The Morgan fingerprint density at radius 3 is 2.77 bits per heavy atom. The molecule has 2 aromatic heterocycles. The molecule has 31 heavy (non-hydrogen) atoms. The van der Waals surface area contributed by atoms with Crippen molar-refractivity contribution in [3.8, 4) is 17.2 Å². The van der Waals surface area contributed by atoms with Crippen LogP contribution >= 0.6 is 0 Å². The second-order valence-corrected chi connectivity index (χ2v) is 8.49. The molecule has 162 valence electrons. The molecule has 0 radical (unpaired) electrons. The van der Waals surface area contributed by atoms with Crippen LogP contribution in [0.1, 0.15) is 49.1 Å². The van der Waals surface area contributed by atoms with Crippen LogP contribution in [-0.2, 0) is 9.53 Å². The number of nitriles is 1. The molecule has 0 bridgehead atoms. The lowest BCUT2D eigenvalue weighted by atomic mass is 9.99. The molecule has 1 atom stereocenters. The second kappa shape index (κ2) is 9.03.